The highest BCUT2D eigenvalue weighted by atomic mass is 19.4. The van der Waals surface area contributed by atoms with Crippen LogP contribution in [-0.2, 0) is 17.5 Å². The first-order chi connectivity index (χ1) is 16.6. The molecule has 3 heterocycles. The van der Waals surface area contributed by atoms with E-state index in [0.29, 0.717) is 50.4 Å². The number of nitriles is 1. The van der Waals surface area contributed by atoms with Gasteiger partial charge in [0.1, 0.15) is 5.69 Å². The molecule has 2 aromatic rings. The van der Waals surface area contributed by atoms with Gasteiger partial charge in [0.2, 0.25) is 5.91 Å². The molecule has 0 bridgehead atoms. The molecule has 2 amide bonds. The standard InChI is InChI=1S/C24H27F3N6O2/c1-3-33-9-6-20(30-33)22(35)32-14-19(21(34)29-2)23(15-32)7-10-31(11-8-23)17-5-4-16(13-28)18(12-17)24(25,26)27/h4-6,9,12,19H,3,7-8,10-11,14-15H2,1-2H3,(H,29,34). The summed E-state index contributed by atoms with van der Waals surface area (Å²) in [6, 6.07) is 7.00. The first kappa shape index (κ1) is 24.6. The number of halogens is 3. The number of piperidine rings is 1. The Morgan fingerprint density at radius 1 is 1.26 bits per heavy atom. The molecule has 1 N–H and O–H groups in total. The topological polar surface area (TPSA) is 94.3 Å². The summed E-state index contributed by atoms with van der Waals surface area (Å²) in [7, 11) is 1.56. The molecule has 1 spiro atoms. The van der Waals surface area contributed by atoms with Gasteiger partial charge in [0.15, 0.2) is 0 Å². The van der Waals surface area contributed by atoms with E-state index in [-0.39, 0.29) is 18.4 Å². The highest BCUT2D eigenvalue weighted by molar-refractivity contribution is 5.93. The van der Waals surface area contributed by atoms with Crippen molar-refractivity contribution in [2.75, 3.05) is 38.1 Å². The monoisotopic (exact) mass is 488 g/mol. The van der Waals surface area contributed by atoms with Gasteiger partial charge < -0.3 is 15.1 Å². The molecule has 35 heavy (non-hydrogen) atoms. The maximum absolute atomic E-state index is 13.4. The minimum absolute atomic E-state index is 0.148. The lowest BCUT2D eigenvalue weighted by Gasteiger charge is -2.42. The number of nitrogens with zero attached hydrogens (tertiary/aromatic N) is 5. The Hall–Kier alpha value is -3.55. The molecule has 0 saturated carbocycles. The first-order valence-electron chi connectivity index (χ1n) is 11.5. The molecule has 8 nitrogen and oxygen atoms in total. The van der Waals surface area contributed by atoms with Crippen molar-refractivity contribution < 1.29 is 22.8 Å². The van der Waals surface area contributed by atoms with Gasteiger partial charge in [-0.3, -0.25) is 14.3 Å². The number of benzene rings is 1. The van der Waals surface area contributed by atoms with Gasteiger partial charge >= 0.3 is 6.18 Å². The lowest BCUT2D eigenvalue weighted by molar-refractivity contribution is -0.137. The fraction of sp³-hybridized carbons (Fsp3) is 0.500. The molecule has 4 rings (SSSR count). The van der Waals surface area contributed by atoms with Gasteiger partial charge in [0.05, 0.1) is 23.1 Å². The SMILES string of the molecule is CCn1ccc(C(=O)N2CC(C(=O)NC)C3(CCN(c4ccc(C#N)c(C(F)(F)F)c4)CC3)C2)n1. The predicted molar refractivity (Wildman–Crippen MR) is 121 cm³/mol. The number of anilines is 1. The van der Waals surface area contributed by atoms with E-state index < -0.39 is 28.6 Å². The van der Waals surface area contributed by atoms with Crippen LogP contribution in [0.15, 0.2) is 30.5 Å². The molecule has 1 atom stereocenters. The van der Waals surface area contributed by atoms with Crippen LogP contribution in [0.25, 0.3) is 0 Å². The molecule has 11 heteroatoms. The maximum Gasteiger partial charge on any atom is 0.417 e. The van der Waals surface area contributed by atoms with Gasteiger partial charge in [0, 0.05) is 57.1 Å². The summed E-state index contributed by atoms with van der Waals surface area (Å²) in [6.07, 6.45) is -1.81. The third-order valence-electron chi connectivity index (χ3n) is 7.24. The second kappa shape index (κ2) is 9.24. The van der Waals surface area contributed by atoms with Crippen molar-refractivity contribution in [2.24, 2.45) is 11.3 Å². The fourth-order valence-electron chi connectivity index (χ4n) is 5.25. The number of hydrogen-bond donors (Lipinski definition) is 1. The number of likely N-dealkylation sites (tertiary alicyclic amines) is 1. The molecule has 1 aromatic carbocycles. The Kier molecular flexibility index (Phi) is 6.49. The second-order valence-corrected chi connectivity index (χ2v) is 9.10. The van der Waals surface area contributed by atoms with E-state index in [1.54, 1.807) is 35.0 Å². The van der Waals surface area contributed by atoms with Crippen molar-refractivity contribution in [3.8, 4) is 6.07 Å². The van der Waals surface area contributed by atoms with Gasteiger partial charge in [-0.2, -0.15) is 23.5 Å². The molecule has 0 radical (unpaired) electrons. The molecular formula is C24H27F3N6O2. The first-order valence-corrected chi connectivity index (χ1v) is 11.5. The lowest BCUT2D eigenvalue weighted by atomic mass is 9.70. The van der Waals surface area contributed by atoms with E-state index >= 15 is 0 Å². The van der Waals surface area contributed by atoms with Crippen LogP contribution in [0.3, 0.4) is 0 Å². The number of rotatable bonds is 4. The average Bonchev–Trinajstić information content (AvgIpc) is 3.48. The van der Waals surface area contributed by atoms with E-state index in [2.05, 4.69) is 10.4 Å². The number of carbonyl (C=O) groups excluding carboxylic acids is 2. The molecule has 186 valence electrons. The van der Waals surface area contributed by atoms with E-state index in [4.69, 9.17) is 5.26 Å². The van der Waals surface area contributed by atoms with Crippen molar-refractivity contribution in [3.05, 3.63) is 47.3 Å². The van der Waals surface area contributed by atoms with Crippen LogP contribution >= 0.6 is 0 Å². The molecule has 1 aromatic heterocycles. The summed E-state index contributed by atoms with van der Waals surface area (Å²) in [5, 5.41) is 16.1. The quantitative estimate of drug-likeness (QED) is 0.714. The maximum atomic E-state index is 13.4. The molecule has 1 unspecified atom stereocenters. The number of carbonyl (C=O) groups is 2. The minimum Gasteiger partial charge on any atom is -0.371 e. The molecular weight excluding hydrogens is 461 g/mol. The molecule has 0 aliphatic carbocycles. The molecule has 2 aliphatic rings. The molecule has 2 aliphatic heterocycles. The number of amides is 2. The van der Waals surface area contributed by atoms with E-state index in [1.165, 1.54) is 12.1 Å². The number of hydrogen-bond acceptors (Lipinski definition) is 5. The minimum atomic E-state index is -4.63. The Bertz CT molecular complexity index is 1160. The van der Waals surface area contributed by atoms with Gasteiger partial charge in [-0.05, 0) is 44.0 Å². The van der Waals surface area contributed by atoms with Gasteiger partial charge in [0.25, 0.3) is 5.91 Å². The van der Waals surface area contributed by atoms with Crippen LogP contribution in [0.4, 0.5) is 18.9 Å². The third-order valence-corrected chi connectivity index (χ3v) is 7.24. The fourth-order valence-corrected chi connectivity index (χ4v) is 5.25. The van der Waals surface area contributed by atoms with Crippen molar-refractivity contribution in [2.45, 2.75) is 32.5 Å². The van der Waals surface area contributed by atoms with Crippen LogP contribution in [0.5, 0.6) is 0 Å². The number of alkyl halides is 3. The summed E-state index contributed by atoms with van der Waals surface area (Å²) in [5.74, 6) is -0.795. The van der Waals surface area contributed by atoms with Gasteiger partial charge in [-0.15, -0.1) is 0 Å². The average molecular weight is 489 g/mol. The zero-order chi connectivity index (χ0) is 25.4. The number of aromatic nitrogens is 2. The Morgan fingerprint density at radius 2 is 1.97 bits per heavy atom. The Balaban J connectivity index is 1.54. The normalized spacial score (nSPS) is 19.6. The number of nitrogens with one attached hydrogen (secondary N) is 1. The van der Waals surface area contributed by atoms with E-state index in [1.807, 2.05) is 11.8 Å². The largest absolute Gasteiger partial charge is 0.417 e. The summed E-state index contributed by atoms with van der Waals surface area (Å²) in [5.41, 5.74) is -1.12. The van der Waals surface area contributed by atoms with Gasteiger partial charge in [-0.25, -0.2) is 0 Å². The number of aryl methyl sites for hydroxylation is 1. The van der Waals surface area contributed by atoms with Crippen molar-refractivity contribution in [3.63, 3.8) is 0 Å². The predicted octanol–water partition coefficient (Wildman–Crippen LogP) is 2.90. The van der Waals surface area contributed by atoms with Crippen molar-refractivity contribution >= 4 is 17.5 Å². The summed E-state index contributed by atoms with van der Waals surface area (Å²) in [6.45, 7) is 4.09. The highest BCUT2D eigenvalue weighted by Crippen LogP contribution is 2.46. The van der Waals surface area contributed by atoms with Crippen LogP contribution in [0, 0.1) is 22.7 Å². The zero-order valence-corrected chi connectivity index (χ0v) is 19.6. The van der Waals surface area contributed by atoms with Crippen LogP contribution in [0.1, 0.15) is 41.4 Å². The van der Waals surface area contributed by atoms with E-state index in [9.17, 15) is 22.8 Å². The highest BCUT2D eigenvalue weighted by Gasteiger charge is 2.52. The Labute approximate surface area is 201 Å². The van der Waals surface area contributed by atoms with E-state index in [0.717, 1.165) is 6.07 Å². The summed E-state index contributed by atoms with van der Waals surface area (Å²) < 4.78 is 41.9. The van der Waals surface area contributed by atoms with Crippen molar-refractivity contribution in [1.29, 1.82) is 5.26 Å². The lowest BCUT2D eigenvalue weighted by Crippen LogP contribution is -2.48. The van der Waals surface area contributed by atoms with Crippen LogP contribution in [0.2, 0.25) is 0 Å². The summed E-state index contributed by atoms with van der Waals surface area (Å²) >= 11 is 0. The van der Waals surface area contributed by atoms with Crippen LogP contribution in [-0.4, -0.2) is 59.7 Å². The second-order valence-electron chi connectivity index (χ2n) is 9.10. The Morgan fingerprint density at radius 3 is 2.54 bits per heavy atom. The van der Waals surface area contributed by atoms with Gasteiger partial charge in [-0.1, -0.05) is 0 Å². The van der Waals surface area contributed by atoms with Crippen LogP contribution < -0.4 is 10.2 Å². The third kappa shape index (κ3) is 4.57. The van der Waals surface area contributed by atoms with Crippen molar-refractivity contribution in [1.82, 2.24) is 20.0 Å². The molecule has 2 fully saturated rings. The molecule has 2 saturated heterocycles. The smallest absolute Gasteiger partial charge is 0.371 e. The zero-order valence-electron chi connectivity index (χ0n) is 19.6. The summed E-state index contributed by atoms with van der Waals surface area (Å²) in [4.78, 5) is 29.4.